The van der Waals surface area contributed by atoms with Crippen LogP contribution in [0.3, 0.4) is 0 Å². The summed E-state index contributed by atoms with van der Waals surface area (Å²) in [6.45, 7) is 0.228. The van der Waals surface area contributed by atoms with Crippen LogP contribution in [0.15, 0.2) is 40.1 Å². The van der Waals surface area contributed by atoms with Crippen molar-refractivity contribution in [3.63, 3.8) is 0 Å². The topological polar surface area (TPSA) is 101 Å². The first-order valence-electron chi connectivity index (χ1n) is 5.41. The fourth-order valence-corrected chi connectivity index (χ4v) is 1.65. The Morgan fingerprint density at radius 2 is 1.94 bits per heavy atom. The van der Waals surface area contributed by atoms with Crippen molar-refractivity contribution in [2.75, 3.05) is 0 Å². The molecule has 1 aromatic heterocycles. The monoisotopic (exact) mass is 247 g/mol. The third kappa shape index (κ3) is 2.33. The molecule has 0 unspecified atom stereocenters. The third-order valence-electron chi connectivity index (χ3n) is 2.64. The summed E-state index contributed by atoms with van der Waals surface area (Å²) in [6.07, 6.45) is 1.41. The van der Waals surface area contributed by atoms with Gasteiger partial charge in [0.15, 0.2) is 0 Å². The Labute approximate surface area is 102 Å². The highest BCUT2D eigenvalue weighted by Gasteiger charge is 2.06. The Hall–Kier alpha value is -2.34. The molecule has 6 nitrogen and oxygen atoms in total. The molecule has 2 rings (SSSR count). The minimum Gasteiger partial charge on any atom is -0.508 e. The standard InChI is InChI=1S/C12H13N3O3/c13-5-9-7-15(12(18)14-11(9)17)6-8-3-1-2-4-10(8)16/h1-4,7,16H,5-6,13H2,(H,14,17,18). The maximum Gasteiger partial charge on any atom is 0.328 e. The van der Waals surface area contributed by atoms with Crippen molar-refractivity contribution in [3.05, 3.63) is 62.4 Å². The van der Waals surface area contributed by atoms with E-state index in [1.165, 1.54) is 16.8 Å². The number of nitrogens with one attached hydrogen (secondary N) is 1. The van der Waals surface area contributed by atoms with Crippen LogP contribution in [0, 0.1) is 0 Å². The van der Waals surface area contributed by atoms with Crippen molar-refractivity contribution < 1.29 is 5.11 Å². The van der Waals surface area contributed by atoms with Gasteiger partial charge in [-0.3, -0.25) is 14.3 Å². The largest absolute Gasteiger partial charge is 0.508 e. The van der Waals surface area contributed by atoms with Gasteiger partial charge in [0, 0.05) is 23.9 Å². The van der Waals surface area contributed by atoms with Gasteiger partial charge in [-0.05, 0) is 6.07 Å². The zero-order valence-corrected chi connectivity index (χ0v) is 9.59. The van der Waals surface area contributed by atoms with E-state index in [1.54, 1.807) is 18.2 Å². The first kappa shape index (κ1) is 12.1. The second-order valence-corrected chi connectivity index (χ2v) is 3.87. The van der Waals surface area contributed by atoms with Gasteiger partial charge in [-0.15, -0.1) is 0 Å². The zero-order chi connectivity index (χ0) is 13.1. The summed E-state index contributed by atoms with van der Waals surface area (Å²) < 4.78 is 1.30. The molecule has 0 spiro atoms. The van der Waals surface area contributed by atoms with Crippen LogP contribution in [-0.4, -0.2) is 14.7 Å². The summed E-state index contributed by atoms with van der Waals surface area (Å²) in [5.41, 5.74) is 5.32. The van der Waals surface area contributed by atoms with Crippen molar-refractivity contribution in [2.45, 2.75) is 13.1 Å². The van der Waals surface area contributed by atoms with Crippen LogP contribution >= 0.6 is 0 Å². The number of para-hydroxylation sites is 1. The lowest BCUT2D eigenvalue weighted by molar-refractivity contribution is 0.465. The number of hydrogen-bond acceptors (Lipinski definition) is 4. The highest BCUT2D eigenvalue weighted by atomic mass is 16.3. The lowest BCUT2D eigenvalue weighted by atomic mass is 10.2. The van der Waals surface area contributed by atoms with Crippen LogP contribution in [0.25, 0.3) is 0 Å². The molecule has 0 atom stereocenters. The summed E-state index contributed by atoms with van der Waals surface area (Å²) in [4.78, 5) is 25.1. The molecule has 0 fully saturated rings. The maximum atomic E-state index is 11.6. The van der Waals surface area contributed by atoms with E-state index >= 15 is 0 Å². The molecule has 0 radical (unpaired) electrons. The average Bonchev–Trinajstić information content (AvgIpc) is 2.35. The first-order valence-corrected chi connectivity index (χ1v) is 5.41. The number of hydrogen-bond donors (Lipinski definition) is 3. The van der Waals surface area contributed by atoms with E-state index in [0.29, 0.717) is 11.1 Å². The molecule has 18 heavy (non-hydrogen) atoms. The van der Waals surface area contributed by atoms with Gasteiger partial charge >= 0.3 is 5.69 Å². The highest BCUT2D eigenvalue weighted by molar-refractivity contribution is 5.31. The maximum absolute atomic E-state index is 11.6. The number of H-pyrrole nitrogens is 1. The lowest BCUT2D eigenvalue weighted by Crippen LogP contribution is -2.32. The summed E-state index contributed by atoms with van der Waals surface area (Å²) in [5, 5.41) is 9.63. The van der Waals surface area contributed by atoms with Crippen LogP contribution in [0.5, 0.6) is 5.75 Å². The van der Waals surface area contributed by atoms with Crippen LogP contribution in [0.2, 0.25) is 0 Å². The summed E-state index contributed by atoms with van der Waals surface area (Å²) in [5.74, 6) is 0.102. The number of aromatic nitrogens is 2. The molecule has 6 heteroatoms. The average molecular weight is 247 g/mol. The second kappa shape index (κ2) is 4.89. The number of aromatic amines is 1. The molecule has 1 heterocycles. The van der Waals surface area contributed by atoms with Gasteiger partial charge in [0.1, 0.15) is 5.75 Å². The number of rotatable bonds is 3. The molecule has 0 saturated carbocycles. The minimum atomic E-state index is -0.527. The Morgan fingerprint density at radius 1 is 1.22 bits per heavy atom. The lowest BCUT2D eigenvalue weighted by Gasteiger charge is -2.08. The summed E-state index contributed by atoms with van der Waals surface area (Å²) in [7, 11) is 0. The van der Waals surface area contributed by atoms with E-state index in [0.717, 1.165) is 0 Å². The molecule has 0 saturated heterocycles. The van der Waals surface area contributed by atoms with E-state index in [-0.39, 0.29) is 18.8 Å². The smallest absolute Gasteiger partial charge is 0.328 e. The number of phenolic OH excluding ortho intramolecular Hbond substituents is 1. The van der Waals surface area contributed by atoms with Crippen molar-refractivity contribution in [2.24, 2.45) is 5.73 Å². The van der Waals surface area contributed by atoms with Crippen LogP contribution in [0.1, 0.15) is 11.1 Å². The zero-order valence-electron chi connectivity index (χ0n) is 9.59. The number of nitrogens with zero attached hydrogens (tertiary/aromatic N) is 1. The van der Waals surface area contributed by atoms with Crippen molar-refractivity contribution in [1.29, 1.82) is 0 Å². The molecule has 0 bridgehead atoms. The Kier molecular flexibility index (Phi) is 3.29. The number of nitrogens with two attached hydrogens (primary N) is 1. The number of benzene rings is 1. The van der Waals surface area contributed by atoms with Gasteiger partial charge in [-0.1, -0.05) is 18.2 Å². The molecule has 2 aromatic rings. The third-order valence-corrected chi connectivity index (χ3v) is 2.64. The molecule has 1 aromatic carbocycles. The highest BCUT2D eigenvalue weighted by Crippen LogP contribution is 2.15. The van der Waals surface area contributed by atoms with E-state index in [4.69, 9.17) is 5.73 Å². The van der Waals surface area contributed by atoms with Crippen LogP contribution in [-0.2, 0) is 13.1 Å². The molecule has 0 aliphatic rings. The van der Waals surface area contributed by atoms with Crippen molar-refractivity contribution >= 4 is 0 Å². The summed E-state index contributed by atoms with van der Waals surface area (Å²) >= 11 is 0. The van der Waals surface area contributed by atoms with Gasteiger partial charge in [-0.2, -0.15) is 0 Å². The Morgan fingerprint density at radius 3 is 2.61 bits per heavy atom. The van der Waals surface area contributed by atoms with Crippen molar-refractivity contribution in [1.82, 2.24) is 9.55 Å². The fourth-order valence-electron chi connectivity index (χ4n) is 1.65. The Bertz CT molecular complexity index is 673. The normalized spacial score (nSPS) is 10.5. The van der Waals surface area contributed by atoms with Crippen molar-refractivity contribution in [3.8, 4) is 5.75 Å². The molecule has 0 aliphatic heterocycles. The molecule has 4 N–H and O–H groups in total. The van der Waals surface area contributed by atoms with Crippen LogP contribution in [0.4, 0.5) is 0 Å². The molecular weight excluding hydrogens is 234 g/mol. The first-order chi connectivity index (χ1) is 8.61. The van der Waals surface area contributed by atoms with Gasteiger partial charge in [-0.25, -0.2) is 4.79 Å². The van der Waals surface area contributed by atoms with Gasteiger partial charge < -0.3 is 10.8 Å². The van der Waals surface area contributed by atoms with Gasteiger partial charge in [0.2, 0.25) is 0 Å². The molecule has 0 amide bonds. The van der Waals surface area contributed by atoms with Gasteiger partial charge in [0.05, 0.1) is 6.54 Å². The predicted octanol–water partition coefficient (Wildman–Crippen LogP) is -0.251. The number of phenols is 1. The summed E-state index contributed by atoms with van der Waals surface area (Å²) in [6, 6.07) is 6.69. The Balaban J connectivity index is 2.44. The second-order valence-electron chi connectivity index (χ2n) is 3.87. The molecular formula is C12H13N3O3. The number of aromatic hydroxyl groups is 1. The predicted molar refractivity (Wildman–Crippen MR) is 66.4 cm³/mol. The fraction of sp³-hybridized carbons (Fsp3) is 0.167. The van der Waals surface area contributed by atoms with E-state index < -0.39 is 11.2 Å². The molecule has 0 aliphatic carbocycles. The van der Waals surface area contributed by atoms with E-state index in [1.807, 2.05) is 0 Å². The SMILES string of the molecule is NCc1cn(Cc2ccccc2O)c(=O)[nH]c1=O. The van der Waals surface area contributed by atoms with Gasteiger partial charge in [0.25, 0.3) is 5.56 Å². The van der Waals surface area contributed by atoms with Crippen LogP contribution < -0.4 is 17.0 Å². The minimum absolute atomic E-state index is 0.0520. The quantitative estimate of drug-likeness (QED) is 0.696. The molecule has 94 valence electrons. The van der Waals surface area contributed by atoms with E-state index in [9.17, 15) is 14.7 Å². The van der Waals surface area contributed by atoms with E-state index in [2.05, 4.69) is 4.98 Å².